The zero-order valence-electron chi connectivity index (χ0n) is 15.6. The molecule has 0 radical (unpaired) electrons. The number of hydrogen-bond donors (Lipinski definition) is 0. The molecule has 0 aliphatic heterocycles. The van der Waals surface area contributed by atoms with Crippen molar-refractivity contribution in [2.45, 2.75) is 32.3 Å². The number of rotatable bonds is 6. The van der Waals surface area contributed by atoms with Gasteiger partial charge in [-0.15, -0.1) is 10.2 Å². The molecule has 3 aromatic rings. The lowest BCUT2D eigenvalue weighted by Crippen LogP contribution is -2.22. The minimum Gasteiger partial charge on any atom is -0.298 e. The number of thioether (sulfide) groups is 1. The molecule has 1 heterocycles. The van der Waals surface area contributed by atoms with Gasteiger partial charge in [-0.25, -0.2) is 0 Å². The van der Waals surface area contributed by atoms with Crippen molar-refractivity contribution in [2.24, 2.45) is 5.41 Å². The van der Waals surface area contributed by atoms with E-state index in [0.29, 0.717) is 22.4 Å². The van der Waals surface area contributed by atoms with E-state index in [1.165, 1.54) is 11.8 Å². The van der Waals surface area contributed by atoms with E-state index in [4.69, 9.17) is 11.6 Å². The highest BCUT2D eigenvalue weighted by molar-refractivity contribution is 7.99. The fourth-order valence-corrected chi connectivity index (χ4v) is 3.74. The van der Waals surface area contributed by atoms with Gasteiger partial charge in [0.1, 0.15) is 11.6 Å². The molecule has 140 valence electrons. The highest BCUT2D eigenvalue weighted by atomic mass is 35.5. The molecule has 0 N–H and O–H groups in total. The number of hydrogen-bond acceptors (Lipinski definition) is 4. The average molecular weight is 400 g/mol. The lowest BCUT2D eigenvalue weighted by molar-refractivity contribution is -0.123. The quantitative estimate of drug-likeness (QED) is 0.533. The Morgan fingerprint density at radius 3 is 2.33 bits per heavy atom. The van der Waals surface area contributed by atoms with Gasteiger partial charge in [-0.05, 0) is 29.8 Å². The summed E-state index contributed by atoms with van der Waals surface area (Å²) in [6.45, 7) is 5.79. The summed E-state index contributed by atoms with van der Waals surface area (Å²) in [5, 5.41) is 10.1. The van der Waals surface area contributed by atoms with E-state index >= 15 is 0 Å². The summed E-state index contributed by atoms with van der Waals surface area (Å²) < 4.78 is 2.00. The summed E-state index contributed by atoms with van der Waals surface area (Å²) in [4.78, 5) is 12.3. The summed E-state index contributed by atoms with van der Waals surface area (Å²) >= 11 is 7.46. The van der Waals surface area contributed by atoms with Gasteiger partial charge in [0.05, 0.1) is 5.75 Å². The van der Waals surface area contributed by atoms with Crippen LogP contribution in [0.4, 0.5) is 0 Å². The molecule has 6 heteroatoms. The number of nitrogens with zero attached hydrogens (tertiary/aromatic N) is 3. The number of carbonyl (C=O) groups is 1. The lowest BCUT2D eigenvalue weighted by Gasteiger charge is -2.16. The van der Waals surface area contributed by atoms with E-state index in [1.54, 1.807) is 0 Å². The zero-order chi connectivity index (χ0) is 19.4. The Bertz CT molecular complexity index is 915. The molecule has 0 spiro atoms. The second-order valence-corrected chi connectivity index (χ2v) is 8.71. The maximum atomic E-state index is 12.3. The first-order chi connectivity index (χ1) is 12.8. The Labute approximate surface area is 169 Å². The zero-order valence-corrected chi connectivity index (χ0v) is 17.2. The summed E-state index contributed by atoms with van der Waals surface area (Å²) in [7, 11) is 0. The fourth-order valence-electron chi connectivity index (χ4n) is 2.48. The highest BCUT2D eigenvalue weighted by Gasteiger charge is 2.23. The first-order valence-corrected chi connectivity index (χ1v) is 10.1. The Balaban J connectivity index is 1.93. The number of Topliss-reactive ketones (excluding diaryl/α,β-unsaturated/α-hetero) is 1. The summed E-state index contributed by atoms with van der Waals surface area (Å²) in [5.74, 6) is 1.37. The van der Waals surface area contributed by atoms with Crippen LogP contribution in [-0.2, 0) is 11.2 Å². The molecule has 0 saturated carbocycles. The average Bonchev–Trinajstić information content (AvgIpc) is 3.03. The highest BCUT2D eigenvalue weighted by Crippen LogP contribution is 2.27. The Morgan fingerprint density at radius 1 is 1.04 bits per heavy atom. The number of carbonyl (C=O) groups excluding carboxylic acids is 1. The molecule has 0 atom stereocenters. The smallest absolute Gasteiger partial charge is 0.196 e. The summed E-state index contributed by atoms with van der Waals surface area (Å²) in [5.41, 5.74) is 1.72. The third-order valence-electron chi connectivity index (χ3n) is 4.16. The van der Waals surface area contributed by atoms with Crippen molar-refractivity contribution in [3.8, 4) is 5.69 Å². The molecule has 0 amide bonds. The molecule has 0 unspecified atom stereocenters. The molecule has 27 heavy (non-hydrogen) atoms. The van der Waals surface area contributed by atoms with Crippen molar-refractivity contribution < 1.29 is 4.79 Å². The van der Waals surface area contributed by atoms with E-state index < -0.39 is 0 Å². The first-order valence-electron chi connectivity index (χ1n) is 8.75. The first kappa shape index (κ1) is 19.6. The third-order valence-corrected chi connectivity index (χ3v) is 5.34. The SMILES string of the molecule is CC(C)(C)C(=O)CSc1nnc(Cc2ccccc2)n1-c1ccc(Cl)cc1. The molecule has 0 aliphatic rings. The molecule has 1 aromatic heterocycles. The van der Waals surface area contributed by atoms with Gasteiger partial charge >= 0.3 is 0 Å². The number of ketones is 1. The lowest BCUT2D eigenvalue weighted by atomic mass is 9.92. The van der Waals surface area contributed by atoms with Crippen LogP contribution < -0.4 is 0 Å². The number of benzene rings is 2. The van der Waals surface area contributed by atoms with E-state index in [0.717, 1.165) is 17.1 Å². The van der Waals surface area contributed by atoms with Crippen LogP contribution in [0.15, 0.2) is 59.8 Å². The second-order valence-electron chi connectivity index (χ2n) is 7.33. The van der Waals surface area contributed by atoms with Crippen LogP contribution in [0.2, 0.25) is 5.02 Å². The number of aromatic nitrogens is 3. The predicted molar refractivity (Wildman–Crippen MR) is 111 cm³/mol. The van der Waals surface area contributed by atoms with Crippen molar-refractivity contribution in [2.75, 3.05) is 5.75 Å². The van der Waals surface area contributed by atoms with Crippen molar-refractivity contribution in [1.82, 2.24) is 14.8 Å². The summed E-state index contributed by atoms with van der Waals surface area (Å²) in [6.07, 6.45) is 0.657. The maximum absolute atomic E-state index is 12.3. The standard InChI is InChI=1S/C21H22ClN3OS/c1-21(2,3)18(26)14-27-20-24-23-19(13-15-7-5-4-6-8-15)25(20)17-11-9-16(22)10-12-17/h4-12H,13-14H2,1-3H3. The molecule has 0 fully saturated rings. The maximum Gasteiger partial charge on any atom is 0.196 e. The minimum absolute atomic E-state index is 0.183. The molecule has 0 bridgehead atoms. The normalized spacial score (nSPS) is 11.6. The van der Waals surface area contributed by atoms with Gasteiger partial charge in [0.25, 0.3) is 0 Å². The van der Waals surface area contributed by atoms with E-state index in [9.17, 15) is 4.79 Å². The largest absolute Gasteiger partial charge is 0.298 e. The van der Waals surface area contributed by atoms with Gasteiger partial charge < -0.3 is 0 Å². The van der Waals surface area contributed by atoms with E-state index in [2.05, 4.69) is 22.3 Å². The van der Waals surface area contributed by atoms with Crippen LogP contribution in [0.1, 0.15) is 32.2 Å². The van der Waals surface area contributed by atoms with Crippen molar-refractivity contribution >= 4 is 29.1 Å². The van der Waals surface area contributed by atoms with Crippen LogP contribution in [0.25, 0.3) is 5.69 Å². The van der Waals surface area contributed by atoms with E-state index in [1.807, 2.05) is 67.8 Å². The van der Waals surface area contributed by atoms with Crippen LogP contribution in [0.3, 0.4) is 0 Å². The van der Waals surface area contributed by atoms with Gasteiger partial charge in [0, 0.05) is 22.5 Å². The second kappa shape index (κ2) is 8.28. The van der Waals surface area contributed by atoms with Gasteiger partial charge in [-0.3, -0.25) is 9.36 Å². The van der Waals surface area contributed by atoms with Crippen LogP contribution in [-0.4, -0.2) is 26.3 Å². The van der Waals surface area contributed by atoms with Crippen molar-refractivity contribution in [1.29, 1.82) is 0 Å². The summed E-state index contributed by atoms with van der Waals surface area (Å²) in [6, 6.07) is 17.7. The molecular formula is C21H22ClN3OS. The van der Waals surface area contributed by atoms with Crippen molar-refractivity contribution in [3.63, 3.8) is 0 Å². The van der Waals surface area contributed by atoms with E-state index in [-0.39, 0.29) is 11.2 Å². The molecule has 2 aromatic carbocycles. The molecule has 4 nitrogen and oxygen atoms in total. The Morgan fingerprint density at radius 2 is 1.70 bits per heavy atom. The van der Waals surface area contributed by atoms with Gasteiger partial charge in [-0.2, -0.15) is 0 Å². The molecule has 3 rings (SSSR count). The third kappa shape index (κ3) is 4.99. The number of halogens is 1. The predicted octanol–water partition coefficient (Wildman–Crippen LogP) is 5.22. The molecule has 0 aliphatic carbocycles. The monoisotopic (exact) mass is 399 g/mol. The van der Waals surface area contributed by atoms with Crippen LogP contribution >= 0.6 is 23.4 Å². The van der Waals surface area contributed by atoms with Crippen LogP contribution in [0.5, 0.6) is 0 Å². The van der Waals surface area contributed by atoms with Gasteiger partial charge in [-0.1, -0.05) is 74.5 Å². The van der Waals surface area contributed by atoms with Crippen LogP contribution in [0, 0.1) is 5.41 Å². The van der Waals surface area contributed by atoms with Gasteiger partial charge in [0.2, 0.25) is 0 Å². The van der Waals surface area contributed by atoms with Crippen molar-refractivity contribution in [3.05, 3.63) is 71.0 Å². The van der Waals surface area contributed by atoms with Gasteiger partial charge in [0.15, 0.2) is 5.16 Å². The topological polar surface area (TPSA) is 47.8 Å². The molecule has 0 saturated heterocycles. The Kier molecular flexibility index (Phi) is 6.02. The minimum atomic E-state index is -0.370. The fraction of sp³-hybridized carbons (Fsp3) is 0.286. The Hall–Kier alpha value is -2.11. The molecular weight excluding hydrogens is 378 g/mol.